The highest BCUT2D eigenvalue weighted by Crippen LogP contribution is 2.30. The molecule has 1 saturated heterocycles. The largest absolute Gasteiger partial charge is 0.486 e. The number of likely N-dealkylation sites (tertiary alicyclic amines) is 1. The minimum atomic E-state index is -0.152. The third-order valence-corrected chi connectivity index (χ3v) is 4.33. The maximum absolute atomic E-state index is 12.3. The average Bonchev–Trinajstić information content (AvgIpc) is 3.18. The number of methoxy groups -OCH3 is 1. The van der Waals surface area contributed by atoms with Gasteiger partial charge in [-0.1, -0.05) is 17.3 Å². The fourth-order valence-electron chi connectivity index (χ4n) is 2.83. The number of hydrogen-bond donors (Lipinski definition) is 0. The van der Waals surface area contributed by atoms with Gasteiger partial charge in [-0.2, -0.15) is 4.98 Å². The Hall–Kier alpha value is -3.33. The van der Waals surface area contributed by atoms with Crippen molar-refractivity contribution in [3.63, 3.8) is 0 Å². The zero-order valence-electron chi connectivity index (χ0n) is 15.3. The van der Waals surface area contributed by atoms with Crippen LogP contribution in [-0.2, 0) is 11.2 Å². The van der Waals surface area contributed by atoms with Gasteiger partial charge in [0, 0.05) is 25.9 Å². The summed E-state index contributed by atoms with van der Waals surface area (Å²) >= 11 is 0. The van der Waals surface area contributed by atoms with Gasteiger partial charge in [0.1, 0.15) is 17.5 Å². The van der Waals surface area contributed by atoms with Crippen LogP contribution in [0.5, 0.6) is 5.75 Å². The van der Waals surface area contributed by atoms with E-state index < -0.39 is 0 Å². The van der Waals surface area contributed by atoms with Gasteiger partial charge in [-0.05, 0) is 12.1 Å². The Bertz CT molecular complexity index is 940. The summed E-state index contributed by atoms with van der Waals surface area (Å²) in [6.07, 6.45) is 4.96. The van der Waals surface area contributed by atoms with Gasteiger partial charge in [0.2, 0.25) is 0 Å². The number of aromatic nitrogens is 4. The van der Waals surface area contributed by atoms with Crippen LogP contribution in [0.1, 0.15) is 16.3 Å². The molecule has 144 valence electrons. The molecule has 28 heavy (non-hydrogen) atoms. The molecule has 0 atom stereocenters. The second kappa shape index (κ2) is 8.13. The molecule has 1 amide bonds. The highest BCUT2D eigenvalue weighted by Gasteiger charge is 2.34. The van der Waals surface area contributed by atoms with Gasteiger partial charge >= 0.3 is 0 Å². The maximum atomic E-state index is 12.3. The van der Waals surface area contributed by atoms with E-state index in [0.717, 1.165) is 5.56 Å². The molecule has 0 spiro atoms. The van der Waals surface area contributed by atoms with Crippen molar-refractivity contribution in [2.75, 3.05) is 26.8 Å². The van der Waals surface area contributed by atoms with Crippen LogP contribution in [0.15, 0.2) is 47.4 Å². The molecule has 3 aromatic rings. The predicted octanol–water partition coefficient (Wildman–Crippen LogP) is 1.62. The first kappa shape index (κ1) is 18.1. The summed E-state index contributed by atoms with van der Waals surface area (Å²) in [6.45, 7) is 1.48. The summed E-state index contributed by atoms with van der Waals surface area (Å²) < 4.78 is 16.5. The third kappa shape index (κ3) is 3.84. The quantitative estimate of drug-likeness (QED) is 0.608. The molecule has 1 aromatic carbocycles. The zero-order chi connectivity index (χ0) is 19.3. The first-order valence-corrected chi connectivity index (χ1v) is 8.87. The van der Waals surface area contributed by atoms with Crippen LogP contribution in [0.25, 0.3) is 11.5 Å². The van der Waals surface area contributed by atoms with Crippen molar-refractivity contribution in [2.45, 2.75) is 12.5 Å². The minimum Gasteiger partial charge on any atom is -0.486 e. The third-order valence-electron chi connectivity index (χ3n) is 4.33. The molecule has 0 unspecified atom stereocenters. The Labute approximate surface area is 161 Å². The van der Waals surface area contributed by atoms with Gasteiger partial charge in [0.05, 0.1) is 31.5 Å². The number of benzene rings is 1. The molecule has 0 aliphatic carbocycles. The molecule has 0 radical (unpaired) electrons. The predicted molar refractivity (Wildman–Crippen MR) is 97.7 cm³/mol. The number of carbonyl (C=O) groups is 1. The molecule has 0 bridgehead atoms. The highest BCUT2D eigenvalue weighted by atomic mass is 16.5. The molecule has 0 N–H and O–H groups in total. The van der Waals surface area contributed by atoms with Crippen LogP contribution in [0.2, 0.25) is 0 Å². The number of amides is 1. The Kier molecular flexibility index (Phi) is 5.24. The topological polar surface area (TPSA) is 103 Å². The lowest BCUT2D eigenvalue weighted by atomic mass is 10.1. The van der Waals surface area contributed by atoms with E-state index >= 15 is 0 Å². The van der Waals surface area contributed by atoms with Gasteiger partial charge < -0.3 is 18.9 Å². The first-order valence-electron chi connectivity index (χ1n) is 8.87. The summed E-state index contributed by atoms with van der Waals surface area (Å²) in [5.41, 5.74) is 1.05. The highest BCUT2D eigenvalue weighted by molar-refractivity contribution is 5.92. The van der Waals surface area contributed by atoms with E-state index in [1.54, 1.807) is 12.0 Å². The van der Waals surface area contributed by atoms with Gasteiger partial charge in [-0.3, -0.25) is 9.78 Å². The molecule has 2 aromatic heterocycles. The summed E-state index contributed by atoms with van der Waals surface area (Å²) in [6, 6.07) is 7.47. The second-order valence-corrected chi connectivity index (χ2v) is 6.30. The normalized spacial score (nSPS) is 14.0. The van der Waals surface area contributed by atoms with Crippen LogP contribution >= 0.6 is 0 Å². The fourth-order valence-corrected chi connectivity index (χ4v) is 2.83. The lowest BCUT2D eigenvalue weighted by molar-refractivity contribution is 0.0175. The molecule has 0 saturated carbocycles. The van der Waals surface area contributed by atoms with E-state index in [1.807, 2.05) is 24.3 Å². The van der Waals surface area contributed by atoms with Gasteiger partial charge in [0.25, 0.3) is 11.8 Å². The van der Waals surface area contributed by atoms with Crippen molar-refractivity contribution in [3.05, 3.63) is 54.4 Å². The number of rotatable bonds is 7. The van der Waals surface area contributed by atoms with Crippen molar-refractivity contribution >= 4 is 5.91 Å². The minimum absolute atomic E-state index is 0.113. The number of hydrogen-bond acceptors (Lipinski definition) is 8. The molecular weight excluding hydrogens is 362 g/mol. The van der Waals surface area contributed by atoms with Crippen molar-refractivity contribution < 1.29 is 18.8 Å². The standard InChI is InChI=1S/C19H19N5O4/c1-26-9-6-17-22-18(28-23-17)14-4-2-3-5-16(14)27-13-11-24(12-13)19(25)15-10-20-7-8-21-15/h2-5,7-8,10,13H,6,9,11-12H2,1H3. The van der Waals surface area contributed by atoms with Crippen LogP contribution in [0, 0.1) is 0 Å². The van der Waals surface area contributed by atoms with E-state index in [9.17, 15) is 4.79 Å². The van der Waals surface area contributed by atoms with Crippen LogP contribution in [0.3, 0.4) is 0 Å². The van der Waals surface area contributed by atoms with E-state index in [-0.39, 0.29) is 12.0 Å². The summed E-state index contributed by atoms with van der Waals surface area (Å²) in [7, 11) is 1.63. The lowest BCUT2D eigenvalue weighted by Gasteiger charge is -2.38. The first-order chi connectivity index (χ1) is 13.7. The van der Waals surface area contributed by atoms with Gasteiger partial charge in [-0.25, -0.2) is 4.98 Å². The van der Waals surface area contributed by atoms with Crippen LogP contribution < -0.4 is 4.74 Å². The van der Waals surface area contributed by atoms with E-state index in [2.05, 4.69) is 20.1 Å². The second-order valence-electron chi connectivity index (χ2n) is 6.30. The summed E-state index contributed by atoms with van der Waals surface area (Å²) in [5.74, 6) is 1.46. The number of carbonyl (C=O) groups excluding carboxylic acids is 1. The van der Waals surface area contributed by atoms with E-state index in [4.69, 9.17) is 14.0 Å². The SMILES string of the molecule is COCCc1noc(-c2ccccc2OC2CN(C(=O)c3cnccn3)C2)n1. The summed E-state index contributed by atoms with van der Waals surface area (Å²) in [4.78, 5) is 26.4. The van der Waals surface area contributed by atoms with Crippen molar-refractivity contribution in [2.24, 2.45) is 0 Å². The molecule has 1 aliphatic heterocycles. The Morgan fingerprint density at radius 1 is 1.29 bits per heavy atom. The zero-order valence-corrected chi connectivity index (χ0v) is 15.3. The number of nitrogens with zero attached hydrogens (tertiary/aromatic N) is 5. The van der Waals surface area contributed by atoms with Crippen molar-refractivity contribution in [3.8, 4) is 17.2 Å². The summed E-state index contributed by atoms with van der Waals surface area (Å²) in [5, 5.41) is 3.97. The van der Waals surface area contributed by atoms with E-state index in [1.165, 1.54) is 18.6 Å². The monoisotopic (exact) mass is 381 g/mol. The Morgan fingerprint density at radius 3 is 2.93 bits per heavy atom. The number of para-hydroxylation sites is 1. The smallest absolute Gasteiger partial charge is 0.274 e. The molecule has 9 heteroatoms. The van der Waals surface area contributed by atoms with Crippen LogP contribution in [-0.4, -0.2) is 63.8 Å². The lowest BCUT2D eigenvalue weighted by Crippen LogP contribution is -2.56. The Morgan fingerprint density at radius 2 is 2.14 bits per heavy atom. The molecule has 9 nitrogen and oxygen atoms in total. The van der Waals surface area contributed by atoms with Crippen molar-refractivity contribution in [1.29, 1.82) is 0 Å². The molecule has 1 fully saturated rings. The van der Waals surface area contributed by atoms with Gasteiger partial charge in [0.15, 0.2) is 5.82 Å². The van der Waals surface area contributed by atoms with Crippen molar-refractivity contribution in [1.82, 2.24) is 25.0 Å². The maximum Gasteiger partial charge on any atom is 0.274 e. The molecule has 4 rings (SSSR count). The van der Waals surface area contributed by atoms with E-state index in [0.29, 0.717) is 49.3 Å². The molecule has 1 aliphatic rings. The number of ether oxygens (including phenoxy) is 2. The van der Waals surface area contributed by atoms with Crippen LogP contribution in [0.4, 0.5) is 0 Å². The molecule has 3 heterocycles. The Balaban J connectivity index is 1.40. The molecular formula is C19H19N5O4. The van der Waals surface area contributed by atoms with Gasteiger partial charge in [-0.15, -0.1) is 0 Å². The average molecular weight is 381 g/mol. The fraction of sp³-hybridized carbons (Fsp3) is 0.316.